The molecule has 0 aliphatic heterocycles. The first-order valence-corrected chi connectivity index (χ1v) is 9.55. The Morgan fingerprint density at radius 3 is 2.24 bits per heavy atom. The minimum Gasteiger partial charge on any atom is -0.300 e. The number of hydrogen-bond acceptors (Lipinski definition) is 3. The number of aryl methyl sites for hydroxylation is 1. The van der Waals surface area contributed by atoms with Gasteiger partial charge in [0.15, 0.2) is 5.78 Å². The van der Waals surface area contributed by atoms with Gasteiger partial charge >= 0.3 is 0 Å². The second-order valence-corrected chi connectivity index (χ2v) is 7.70. The molecule has 0 bridgehead atoms. The smallest absolute Gasteiger partial charge is 0.178 e. The maximum absolute atomic E-state index is 12.8. The fourth-order valence-corrected chi connectivity index (χ4v) is 4.03. The van der Waals surface area contributed by atoms with Crippen LogP contribution in [-0.4, -0.2) is 21.3 Å². The molecule has 1 atom stereocenters. The van der Waals surface area contributed by atoms with E-state index in [9.17, 15) is 9.00 Å². The number of allylic oxidation sites excluding steroid dienone is 2. The van der Waals surface area contributed by atoms with Gasteiger partial charge in [0.05, 0.1) is 22.1 Å². The summed E-state index contributed by atoms with van der Waals surface area (Å²) in [7, 11) is -1.17. The average molecular weight is 351 g/mol. The minimum atomic E-state index is -1.17. The van der Waals surface area contributed by atoms with Crippen molar-refractivity contribution in [1.29, 1.82) is 0 Å². The van der Waals surface area contributed by atoms with Crippen molar-refractivity contribution >= 4 is 16.6 Å². The summed E-state index contributed by atoms with van der Waals surface area (Å²) >= 11 is 0. The van der Waals surface area contributed by atoms with Gasteiger partial charge in [-0.3, -0.25) is 14.3 Å². The molecule has 1 aliphatic carbocycles. The van der Waals surface area contributed by atoms with Gasteiger partial charge in [-0.2, -0.15) is 0 Å². The SMILES string of the molecule is Cc1ccc(S(=O)CC2(NCc3ccccc3)C=CC(=O)C=C2)cc1. The molecule has 3 rings (SSSR count). The number of nitrogens with one attached hydrogen (secondary N) is 1. The summed E-state index contributed by atoms with van der Waals surface area (Å²) in [5.41, 5.74) is 1.68. The Labute approximate surface area is 150 Å². The number of benzene rings is 2. The molecule has 1 unspecified atom stereocenters. The molecule has 25 heavy (non-hydrogen) atoms. The summed E-state index contributed by atoms with van der Waals surface area (Å²) < 4.78 is 12.8. The fourth-order valence-electron chi connectivity index (χ4n) is 2.69. The molecule has 1 N–H and O–H groups in total. The maximum Gasteiger partial charge on any atom is 0.178 e. The predicted octanol–water partition coefficient (Wildman–Crippen LogP) is 3.33. The standard InChI is InChI=1S/C21H21NO2S/c1-17-7-9-20(10-8-17)25(24)16-21(13-11-19(23)12-14-21)22-15-18-5-3-2-4-6-18/h2-14,22H,15-16H2,1H3. The van der Waals surface area contributed by atoms with Crippen LogP contribution in [-0.2, 0) is 22.1 Å². The summed E-state index contributed by atoms with van der Waals surface area (Å²) in [4.78, 5) is 12.3. The second-order valence-electron chi connectivity index (χ2n) is 6.25. The number of rotatable bonds is 6. The van der Waals surface area contributed by atoms with Crippen LogP contribution in [0.2, 0.25) is 0 Å². The van der Waals surface area contributed by atoms with E-state index in [4.69, 9.17) is 0 Å². The van der Waals surface area contributed by atoms with Gasteiger partial charge in [-0.05, 0) is 36.8 Å². The van der Waals surface area contributed by atoms with E-state index in [1.54, 1.807) is 12.2 Å². The van der Waals surface area contributed by atoms with Crippen molar-refractivity contribution in [3.63, 3.8) is 0 Å². The molecule has 0 amide bonds. The normalized spacial score (nSPS) is 16.8. The lowest BCUT2D eigenvalue weighted by Gasteiger charge is -2.30. The lowest BCUT2D eigenvalue weighted by atomic mass is 9.95. The van der Waals surface area contributed by atoms with Crippen molar-refractivity contribution in [2.24, 2.45) is 0 Å². The summed E-state index contributed by atoms with van der Waals surface area (Å²) in [6, 6.07) is 17.8. The van der Waals surface area contributed by atoms with E-state index in [1.165, 1.54) is 0 Å². The van der Waals surface area contributed by atoms with Gasteiger partial charge in [-0.1, -0.05) is 60.2 Å². The third kappa shape index (κ3) is 4.62. The molecule has 0 aromatic heterocycles. The van der Waals surface area contributed by atoms with E-state index in [0.717, 1.165) is 16.0 Å². The Hall–Kier alpha value is -2.30. The highest BCUT2D eigenvalue weighted by Crippen LogP contribution is 2.20. The number of hydrogen-bond donors (Lipinski definition) is 1. The van der Waals surface area contributed by atoms with Gasteiger partial charge in [-0.15, -0.1) is 0 Å². The number of carbonyl (C=O) groups is 1. The highest BCUT2D eigenvalue weighted by atomic mass is 32.2. The molecule has 128 valence electrons. The Kier molecular flexibility index (Phi) is 5.41. The van der Waals surface area contributed by atoms with Crippen LogP contribution in [0.25, 0.3) is 0 Å². The van der Waals surface area contributed by atoms with Crippen LogP contribution in [0.3, 0.4) is 0 Å². The van der Waals surface area contributed by atoms with E-state index in [0.29, 0.717) is 12.3 Å². The molecule has 2 aromatic rings. The lowest BCUT2D eigenvalue weighted by Crippen LogP contribution is -2.47. The van der Waals surface area contributed by atoms with Crippen LogP contribution in [0.4, 0.5) is 0 Å². The van der Waals surface area contributed by atoms with E-state index in [-0.39, 0.29) is 5.78 Å². The first-order chi connectivity index (χ1) is 12.1. The largest absolute Gasteiger partial charge is 0.300 e. The van der Waals surface area contributed by atoms with Gasteiger partial charge in [0, 0.05) is 11.4 Å². The van der Waals surface area contributed by atoms with Crippen LogP contribution in [0, 0.1) is 6.92 Å². The molecule has 0 saturated heterocycles. The zero-order valence-electron chi connectivity index (χ0n) is 14.1. The first-order valence-electron chi connectivity index (χ1n) is 8.23. The minimum absolute atomic E-state index is 0.0433. The number of ketones is 1. The Morgan fingerprint density at radius 1 is 0.960 bits per heavy atom. The van der Waals surface area contributed by atoms with Gasteiger partial charge in [0.1, 0.15) is 0 Å². The average Bonchev–Trinajstić information content (AvgIpc) is 2.64. The Balaban J connectivity index is 1.78. The quantitative estimate of drug-likeness (QED) is 0.868. The van der Waals surface area contributed by atoms with E-state index in [1.807, 2.05) is 73.7 Å². The van der Waals surface area contributed by atoms with Gasteiger partial charge < -0.3 is 0 Å². The zero-order chi connectivity index (χ0) is 17.7. The predicted molar refractivity (Wildman–Crippen MR) is 102 cm³/mol. The molecule has 0 heterocycles. The van der Waals surface area contributed by atoms with Crippen molar-refractivity contribution < 1.29 is 9.00 Å². The molecule has 0 radical (unpaired) electrons. The van der Waals surface area contributed by atoms with E-state index in [2.05, 4.69) is 5.32 Å². The van der Waals surface area contributed by atoms with Gasteiger partial charge in [-0.25, -0.2) is 0 Å². The van der Waals surface area contributed by atoms with E-state index >= 15 is 0 Å². The molecule has 0 fully saturated rings. The summed E-state index contributed by atoms with van der Waals surface area (Å²) in [6.45, 7) is 2.64. The van der Waals surface area contributed by atoms with Crippen molar-refractivity contribution in [2.45, 2.75) is 23.9 Å². The Morgan fingerprint density at radius 2 is 1.60 bits per heavy atom. The van der Waals surface area contributed by atoms with Crippen LogP contribution >= 0.6 is 0 Å². The molecule has 3 nitrogen and oxygen atoms in total. The van der Waals surface area contributed by atoms with Crippen molar-refractivity contribution in [2.75, 3.05) is 5.75 Å². The molecule has 0 spiro atoms. The van der Waals surface area contributed by atoms with Gasteiger partial charge in [0.25, 0.3) is 0 Å². The topological polar surface area (TPSA) is 46.2 Å². The van der Waals surface area contributed by atoms with Crippen molar-refractivity contribution in [1.82, 2.24) is 5.32 Å². The van der Waals surface area contributed by atoms with Crippen LogP contribution in [0.15, 0.2) is 83.8 Å². The molecule has 4 heteroatoms. The highest BCUT2D eigenvalue weighted by molar-refractivity contribution is 7.85. The molecule has 2 aromatic carbocycles. The fraction of sp³-hybridized carbons (Fsp3) is 0.190. The second kappa shape index (κ2) is 7.72. The van der Waals surface area contributed by atoms with Crippen molar-refractivity contribution in [3.8, 4) is 0 Å². The summed E-state index contributed by atoms with van der Waals surface area (Å²) in [6.07, 6.45) is 6.74. The Bertz CT molecular complexity index is 807. The maximum atomic E-state index is 12.8. The number of carbonyl (C=O) groups excluding carboxylic acids is 1. The summed E-state index contributed by atoms with van der Waals surface area (Å²) in [5.74, 6) is 0.335. The molecule has 0 saturated carbocycles. The first kappa shape index (κ1) is 17.5. The highest BCUT2D eigenvalue weighted by Gasteiger charge is 2.29. The third-order valence-corrected chi connectivity index (χ3v) is 5.75. The van der Waals surface area contributed by atoms with Crippen molar-refractivity contribution in [3.05, 3.63) is 90.0 Å². The lowest BCUT2D eigenvalue weighted by molar-refractivity contribution is -0.110. The molecular formula is C21H21NO2S. The summed E-state index contributed by atoms with van der Waals surface area (Å²) in [5, 5.41) is 3.47. The van der Waals surface area contributed by atoms with Gasteiger partial charge in [0.2, 0.25) is 0 Å². The van der Waals surface area contributed by atoms with Crippen LogP contribution in [0.5, 0.6) is 0 Å². The van der Waals surface area contributed by atoms with E-state index < -0.39 is 16.3 Å². The zero-order valence-corrected chi connectivity index (χ0v) is 15.0. The third-order valence-electron chi connectivity index (χ3n) is 4.21. The van der Waals surface area contributed by atoms with Crippen LogP contribution < -0.4 is 5.32 Å². The monoisotopic (exact) mass is 351 g/mol. The van der Waals surface area contributed by atoms with Crippen LogP contribution in [0.1, 0.15) is 11.1 Å². The molecular weight excluding hydrogens is 330 g/mol. The molecule has 1 aliphatic rings.